The van der Waals surface area contributed by atoms with Crippen LogP contribution in [0.15, 0.2) is 70.6 Å². The molecule has 0 aliphatic carbocycles. The number of benzene rings is 4. The Hall–Kier alpha value is -3.92. The Balaban J connectivity index is 1.73. The molecule has 0 amide bonds. The zero-order valence-corrected chi connectivity index (χ0v) is 24.7. The van der Waals surface area contributed by atoms with E-state index in [9.17, 15) is 10.2 Å². The van der Waals surface area contributed by atoms with Gasteiger partial charge in [0.25, 0.3) is 0 Å². The summed E-state index contributed by atoms with van der Waals surface area (Å²) >= 11 is 0. The molecule has 0 aromatic heterocycles. The van der Waals surface area contributed by atoms with E-state index in [1.54, 1.807) is 12.4 Å². The van der Waals surface area contributed by atoms with Gasteiger partial charge < -0.3 is 10.2 Å². The van der Waals surface area contributed by atoms with Gasteiger partial charge in [-0.2, -0.15) is 0 Å². The van der Waals surface area contributed by atoms with Crippen LogP contribution in [-0.4, -0.2) is 22.6 Å². The highest BCUT2D eigenvalue weighted by atomic mass is 16.3. The lowest BCUT2D eigenvalue weighted by molar-refractivity contribution is 0.469. The Morgan fingerprint density at radius 2 is 1.02 bits per heavy atom. The van der Waals surface area contributed by atoms with Crippen LogP contribution < -0.4 is 0 Å². The van der Waals surface area contributed by atoms with Gasteiger partial charge in [0.2, 0.25) is 0 Å². The Morgan fingerprint density at radius 1 is 0.625 bits per heavy atom. The number of nitrogens with zero attached hydrogens (tertiary/aromatic N) is 2. The van der Waals surface area contributed by atoms with Gasteiger partial charge in [0.15, 0.2) is 0 Å². The van der Waals surface area contributed by atoms with Gasteiger partial charge in [0.05, 0.1) is 11.4 Å². The third kappa shape index (κ3) is 7.38. The van der Waals surface area contributed by atoms with Crippen molar-refractivity contribution in [3.63, 3.8) is 0 Å². The van der Waals surface area contributed by atoms with Gasteiger partial charge in [0.1, 0.15) is 11.5 Å². The van der Waals surface area contributed by atoms with Crippen molar-refractivity contribution in [1.29, 1.82) is 0 Å². The van der Waals surface area contributed by atoms with Crippen LogP contribution in [0.3, 0.4) is 0 Å². The van der Waals surface area contributed by atoms with Crippen molar-refractivity contribution in [2.24, 2.45) is 21.8 Å². The van der Waals surface area contributed by atoms with E-state index in [4.69, 9.17) is 9.98 Å². The molecular formula is C36H42N2O2. The Labute approximate surface area is 239 Å². The number of aryl methyl sites for hydroxylation is 4. The van der Waals surface area contributed by atoms with Crippen LogP contribution >= 0.6 is 0 Å². The number of hydrogen-bond acceptors (Lipinski definition) is 4. The summed E-state index contributed by atoms with van der Waals surface area (Å²) in [5.41, 5.74) is 6.90. The molecule has 0 spiro atoms. The number of rotatable bonds is 10. The molecule has 2 N–H and O–H groups in total. The molecule has 4 nitrogen and oxygen atoms in total. The fraction of sp³-hybridized carbons (Fsp3) is 0.333. The van der Waals surface area contributed by atoms with Crippen LogP contribution in [0.5, 0.6) is 11.5 Å². The average Bonchev–Trinajstić information content (AvgIpc) is 2.92. The molecule has 0 aliphatic heterocycles. The fourth-order valence-electron chi connectivity index (χ4n) is 4.87. The summed E-state index contributed by atoms with van der Waals surface area (Å²) in [7, 11) is 0. The minimum atomic E-state index is 0.251. The lowest BCUT2D eigenvalue weighted by atomic mass is 9.98. The van der Waals surface area contributed by atoms with E-state index in [1.807, 2.05) is 50.2 Å². The van der Waals surface area contributed by atoms with Gasteiger partial charge in [-0.25, -0.2) is 0 Å². The zero-order chi connectivity index (χ0) is 28.8. The predicted molar refractivity (Wildman–Crippen MR) is 170 cm³/mol. The first-order valence-corrected chi connectivity index (χ1v) is 14.4. The average molecular weight is 535 g/mol. The zero-order valence-electron chi connectivity index (χ0n) is 24.7. The van der Waals surface area contributed by atoms with Gasteiger partial charge in [0, 0.05) is 23.6 Å². The number of hydrogen-bond donors (Lipinski definition) is 2. The van der Waals surface area contributed by atoms with Gasteiger partial charge in [-0.3, -0.25) is 9.98 Å². The monoisotopic (exact) mass is 534 g/mol. The van der Waals surface area contributed by atoms with Crippen molar-refractivity contribution in [1.82, 2.24) is 0 Å². The van der Waals surface area contributed by atoms with E-state index in [2.05, 4.69) is 52.0 Å². The molecule has 0 radical (unpaired) electrons. The molecule has 4 aromatic carbocycles. The van der Waals surface area contributed by atoms with Crippen molar-refractivity contribution >= 4 is 34.6 Å². The SMILES string of the molecule is Cc1cc(CCC(C)C)cc(C=Nc2cc3ccccc3cc2N=Cc2cc(CCC(C)C)cc(C)c2O)c1O. The molecule has 0 bridgehead atoms. The van der Waals surface area contributed by atoms with E-state index in [0.29, 0.717) is 34.3 Å². The van der Waals surface area contributed by atoms with Gasteiger partial charge in [-0.15, -0.1) is 0 Å². The smallest absolute Gasteiger partial charge is 0.127 e. The van der Waals surface area contributed by atoms with E-state index < -0.39 is 0 Å². The van der Waals surface area contributed by atoms with E-state index in [-0.39, 0.29) is 11.5 Å². The number of phenols is 2. The second kappa shape index (κ2) is 13.0. The lowest BCUT2D eigenvalue weighted by Crippen LogP contribution is -1.96. The van der Waals surface area contributed by atoms with Crippen molar-refractivity contribution in [3.05, 3.63) is 94.0 Å². The largest absolute Gasteiger partial charge is 0.507 e. The van der Waals surface area contributed by atoms with Crippen LogP contribution in [0.4, 0.5) is 11.4 Å². The minimum absolute atomic E-state index is 0.251. The maximum atomic E-state index is 10.8. The Morgan fingerprint density at radius 3 is 1.40 bits per heavy atom. The predicted octanol–water partition coefficient (Wildman–Crippen LogP) is 9.55. The normalized spacial score (nSPS) is 12.1. The van der Waals surface area contributed by atoms with Gasteiger partial charge in [-0.1, -0.05) is 64.1 Å². The Bertz CT molecular complexity index is 1430. The van der Waals surface area contributed by atoms with E-state index >= 15 is 0 Å². The molecule has 0 saturated carbocycles. The first-order valence-electron chi connectivity index (χ1n) is 14.4. The van der Waals surface area contributed by atoms with Crippen LogP contribution in [0.1, 0.15) is 73.9 Å². The maximum absolute atomic E-state index is 10.8. The van der Waals surface area contributed by atoms with Crippen molar-refractivity contribution in [2.45, 2.75) is 67.2 Å². The topological polar surface area (TPSA) is 65.2 Å². The molecule has 0 fully saturated rings. The van der Waals surface area contributed by atoms with E-state index in [0.717, 1.165) is 47.6 Å². The summed E-state index contributed by atoms with van der Waals surface area (Å²) in [6, 6.07) is 20.4. The van der Waals surface area contributed by atoms with Gasteiger partial charge in [-0.05, 0) is 109 Å². The molecule has 0 heterocycles. The van der Waals surface area contributed by atoms with Gasteiger partial charge >= 0.3 is 0 Å². The van der Waals surface area contributed by atoms with Crippen molar-refractivity contribution < 1.29 is 10.2 Å². The van der Waals surface area contributed by atoms with Crippen molar-refractivity contribution in [3.8, 4) is 11.5 Å². The molecule has 208 valence electrons. The molecule has 0 saturated heterocycles. The minimum Gasteiger partial charge on any atom is -0.507 e. The lowest BCUT2D eigenvalue weighted by Gasteiger charge is -2.10. The highest BCUT2D eigenvalue weighted by Gasteiger charge is 2.10. The first-order chi connectivity index (χ1) is 19.1. The highest BCUT2D eigenvalue weighted by Crippen LogP contribution is 2.34. The summed E-state index contributed by atoms with van der Waals surface area (Å²) in [6.07, 6.45) is 7.58. The summed E-state index contributed by atoms with van der Waals surface area (Å²) < 4.78 is 0. The number of fused-ring (bicyclic) bond motifs is 1. The summed E-state index contributed by atoms with van der Waals surface area (Å²) in [5.74, 6) is 1.73. The second-order valence-corrected chi connectivity index (χ2v) is 11.8. The third-order valence-electron chi connectivity index (χ3n) is 7.33. The van der Waals surface area contributed by atoms with Crippen LogP contribution in [0.2, 0.25) is 0 Å². The maximum Gasteiger partial charge on any atom is 0.127 e. The molecular weight excluding hydrogens is 492 g/mol. The quantitative estimate of drug-likeness (QED) is 0.199. The molecule has 0 aliphatic rings. The standard InChI is InChI=1S/C36H42N2O2/c1-23(2)11-13-27-15-25(5)35(39)31(17-27)21-37-33-19-29-9-7-8-10-30(29)20-34(33)38-22-32-18-28(14-12-24(3)4)16-26(6)36(32)40/h7-10,15-24,39-40H,11-14H2,1-6H3. The Kier molecular flexibility index (Phi) is 9.42. The van der Waals surface area contributed by atoms with Crippen LogP contribution in [0, 0.1) is 25.7 Å². The molecule has 0 unspecified atom stereocenters. The molecule has 4 heteroatoms. The summed E-state index contributed by atoms with van der Waals surface area (Å²) in [6.45, 7) is 12.8. The first kappa shape index (κ1) is 29.1. The number of phenolic OH excluding ortho intramolecular Hbond substituents is 2. The molecule has 0 atom stereocenters. The summed E-state index contributed by atoms with van der Waals surface area (Å²) in [4.78, 5) is 9.64. The number of aliphatic imine (C=N–C) groups is 2. The molecule has 4 rings (SSSR count). The van der Waals surface area contributed by atoms with Crippen LogP contribution in [-0.2, 0) is 12.8 Å². The highest BCUT2D eigenvalue weighted by molar-refractivity contribution is 5.96. The van der Waals surface area contributed by atoms with Crippen molar-refractivity contribution in [2.75, 3.05) is 0 Å². The third-order valence-corrected chi connectivity index (χ3v) is 7.33. The fourth-order valence-corrected chi connectivity index (χ4v) is 4.87. The van der Waals surface area contributed by atoms with E-state index in [1.165, 1.54) is 11.1 Å². The molecule has 4 aromatic rings. The second-order valence-electron chi connectivity index (χ2n) is 11.8. The molecule has 40 heavy (non-hydrogen) atoms. The number of aromatic hydroxyl groups is 2. The van der Waals surface area contributed by atoms with Crippen LogP contribution in [0.25, 0.3) is 10.8 Å². The summed E-state index contributed by atoms with van der Waals surface area (Å²) in [5, 5.41) is 23.7.